The molecule has 0 bridgehead atoms. The number of carbonyl (C=O) groups excluding carboxylic acids is 1. The molecule has 1 aliphatic heterocycles. The number of anilines is 1. The summed E-state index contributed by atoms with van der Waals surface area (Å²) in [4.78, 5) is 22.1. The zero-order valence-corrected chi connectivity index (χ0v) is 11.5. The number of ether oxygens (including phenoxy) is 1. The minimum Gasteiger partial charge on any atom is -0.382 e. The molecule has 6 nitrogen and oxygen atoms in total. The van der Waals surface area contributed by atoms with E-state index in [1.165, 1.54) is 12.4 Å². The van der Waals surface area contributed by atoms with Gasteiger partial charge in [-0.1, -0.05) is 0 Å². The number of nitrogens with two attached hydrogens (primary N) is 1. The molecular weight excluding hydrogens is 276 g/mol. The van der Waals surface area contributed by atoms with Crippen molar-refractivity contribution in [3.05, 3.63) is 40.5 Å². The first-order chi connectivity index (χ1) is 9.75. The molecule has 0 aliphatic carbocycles. The van der Waals surface area contributed by atoms with E-state index in [1.54, 1.807) is 16.2 Å². The molecule has 0 aromatic carbocycles. The highest BCUT2D eigenvalue weighted by molar-refractivity contribution is 7.07. The highest BCUT2D eigenvalue weighted by Crippen LogP contribution is 2.25. The summed E-state index contributed by atoms with van der Waals surface area (Å²) in [5.74, 6) is -0.0322. The van der Waals surface area contributed by atoms with Crippen molar-refractivity contribution in [3.63, 3.8) is 0 Å². The number of aromatic nitrogens is 2. The van der Waals surface area contributed by atoms with Crippen LogP contribution in [0.4, 0.5) is 5.82 Å². The van der Waals surface area contributed by atoms with Crippen LogP contribution < -0.4 is 5.73 Å². The molecule has 20 heavy (non-hydrogen) atoms. The Balaban J connectivity index is 1.77. The molecule has 2 aromatic rings. The van der Waals surface area contributed by atoms with E-state index < -0.39 is 0 Å². The average molecular weight is 290 g/mol. The molecule has 2 N–H and O–H groups in total. The Morgan fingerprint density at radius 1 is 1.45 bits per heavy atom. The number of amides is 1. The van der Waals surface area contributed by atoms with Crippen LogP contribution >= 0.6 is 11.3 Å². The van der Waals surface area contributed by atoms with Gasteiger partial charge < -0.3 is 15.4 Å². The van der Waals surface area contributed by atoms with Gasteiger partial charge in [-0.2, -0.15) is 11.3 Å². The minimum absolute atomic E-state index is 0.0863. The lowest BCUT2D eigenvalue weighted by Gasteiger charge is -2.32. The molecule has 104 valence electrons. The fourth-order valence-electron chi connectivity index (χ4n) is 2.16. The number of hydrogen-bond acceptors (Lipinski definition) is 6. The number of hydrogen-bond donors (Lipinski definition) is 1. The Morgan fingerprint density at radius 2 is 2.30 bits per heavy atom. The van der Waals surface area contributed by atoms with Gasteiger partial charge in [-0.15, -0.1) is 0 Å². The van der Waals surface area contributed by atoms with Gasteiger partial charge in [0.25, 0.3) is 5.91 Å². The van der Waals surface area contributed by atoms with E-state index in [1.807, 2.05) is 16.8 Å². The largest absolute Gasteiger partial charge is 0.382 e. The second-order valence-corrected chi connectivity index (χ2v) is 5.24. The summed E-state index contributed by atoms with van der Waals surface area (Å²) in [6.07, 6.45) is 2.86. The highest BCUT2D eigenvalue weighted by atomic mass is 32.1. The van der Waals surface area contributed by atoms with Gasteiger partial charge in [0.2, 0.25) is 0 Å². The maximum absolute atomic E-state index is 12.4. The Bertz CT molecular complexity index is 602. The van der Waals surface area contributed by atoms with Crippen molar-refractivity contribution in [2.75, 3.05) is 25.4 Å². The Labute approximate surface area is 120 Å². The van der Waals surface area contributed by atoms with Crippen LogP contribution in [0.2, 0.25) is 0 Å². The second kappa shape index (κ2) is 5.56. The van der Waals surface area contributed by atoms with E-state index in [-0.39, 0.29) is 23.5 Å². The molecule has 0 saturated carbocycles. The van der Waals surface area contributed by atoms with Crippen LogP contribution in [0, 0.1) is 0 Å². The van der Waals surface area contributed by atoms with E-state index in [2.05, 4.69) is 9.97 Å². The number of nitrogen functional groups attached to an aromatic ring is 1. The zero-order chi connectivity index (χ0) is 13.9. The number of nitrogens with zero attached hydrogens (tertiary/aromatic N) is 3. The topological polar surface area (TPSA) is 81.3 Å². The molecule has 1 unspecified atom stereocenters. The van der Waals surface area contributed by atoms with Gasteiger partial charge in [-0.05, 0) is 22.4 Å². The Kier molecular flexibility index (Phi) is 3.62. The Hall–Kier alpha value is -1.99. The summed E-state index contributed by atoms with van der Waals surface area (Å²) < 4.78 is 5.71. The number of morpholine rings is 1. The molecule has 3 rings (SSSR count). The SMILES string of the molecule is Nc1nccnc1C(=O)N1CCOC(c2ccsc2)C1. The van der Waals surface area contributed by atoms with Crippen molar-refractivity contribution in [1.29, 1.82) is 0 Å². The summed E-state index contributed by atoms with van der Waals surface area (Å²) in [7, 11) is 0. The van der Waals surface area contributed by atoms with Gasteiger partial charge in [-0.3, -0.25) is 4.79 Å². The standard InChI is InChI=1S/C13H14N4O2S/c14-12-11(15-2-3-16-12)13(18)17-4-5-19-10(7-17)9-1-6-20-8-9/h1-3,6,8,10H,4-5,7H2,(H2,14,16). The van der Waals surface area contributed by atoms with Crippen LogP contribution in [0.5, 0.6) is 0 Å². The molecule has 2 aromatic heterocycles. The van der Waals surface area contributed by atoms with Gasteiger partial charge in [0.15, 0.2) is 11.5 Å². The lowest BCUT2D eigenvalue weighted by Crippen LogP contribution is -2.42. The third-order valence-corrected chi connectivity index (χ3v) is 3.90. The number of thiophene rings is 1. The summed E-state index contributed by atoms with van der Waals surface area (Å²) in [5.41, 5.74) is 7.01. The molecule has 3 heterocycles. The van der Waals surface area contributed by atoms with Crippen LogP contribution in [0.15, 0.2) is 29.2 Å². The normalized spacial score (nSPS) is 19.0. The van der Waals surface area contributed by atoms with Gasteiger partial charge in [-0.25, -0.2) is 9.97 Å². The molecular formula is C13H14N4O2S. The molecule has 0 radical (unpaired) electrons. The summed E-state index contributed by atoms with van der Waals surface area (Å²) in [5, 5.41) is 4.04. The van der Waals surface area contributed by atoms with Crippen molar-refractivity contribution < 1.29 is 9.53 Å². The van der Waals surface area contributed by atoms with Crippen LogP contribution in [-0.4, -0.2) is 40.5 Å². The Morgan fingerprint density at radius 3 is 3.05 bits per heavy atom. The van der Waals surface area contributed by atoms with Crippen molar-refractivity contribution in [3.8, 4) is 0 Å². The van der Waals surface area contributed by atoms with Crippen molar-refractivity contribution >= 4 is 23.1 Å². The van der Waals surface area contributed by atoms with E-state index in [0.29, 0.717) is 19.7 Å². The maximum atomic E-state index is 12.4. The minimum atomic E-state index is -0.195. The average Bonchev–Trinajstić information content (AvgIpc) is 3.01. The molecule has 7 heteroatoms. The fourth-order valence-corrected chi connectivity index (χ4v) is 2.86. The predicted octanol–water partition coefficient (Wildman–Crippen LogP) is 1.33. The summed E-state index contributed by atoms with van der Waals surface area (Å²) in [6, 6.07) is 2.01. The van der Waals surface area contributed by atoms with Crippen molar-refractivity contribution in [2.45, 2.75) is 6.10 Å². The van der Waals surface area contributed by atoms with Crippen LogP contribution in [-0.2, 0) is 4.74 Å². The molecule has 1 aliphatic rings. The first-order valence-corrected chi connectivity index (χ1v) is 7.19. The second-order valence-electron chi connectivity index (χ2n) is 4.46. The number of carbonyl (C=O) groups is 1. The van der Waals surface area contributed by atoms with E-state index >= 15 is 0 Å². The molecule has 1 amide bonds. The first kappa shape index (κ1) is 13.0. The van der Waals surface area contributed by atoms with Gasteiger partial charge in [0.1, 0.15) is 6.10 Å². The molecule has 1 saturated heterocycles. The summed E-state index contributed by atoms with van der Waals surface area (Å²) in [6.45, 7) is 1.55. The lowest BCUT2D eigenvalue weighted by atomic mass is 10.1. The number of rotatable bonds is 2. The van der Waals surface area contributed by atoms with Crippen molar-refractivity contribution in [2.24, 2.45) is 0 Å². The van der Waals surface area contributed by atoms with Crippen molar-refractivity contribution in [1.82, 2.24) is 14.9 Å². The van der Waals surface area contributed by atoms with Crippen LogP contribution in [0.3, 0.4) is 0 Å². The van der Waals surface area contributed by atoms with Crippen LogP contribution in [0.25, 0.3) is 0 Å². The molecule has 1 fully saturated rings. The maximum Gasteiger partial charge on any atom is 0.276 e. The molecule has 0 spiro atoms. The molecule has 1 atom stereocenters. The van der Waals surface area contributed by atoms with E-state index in [0.717, 1.165) is 5.56 Å². The summed E-state index contributed by atoms with van der Waals surface area (Å²) >= 11 is 1.62. The van der Waals surface area contributed by atoms with Gasteiger partial charge in [0.05, 0.1) is 13.2 Å². The van der Waals surface area contributed by atoms with E-state index in [4.69, 9.17) is 10.5 Å². The third-order valence-electron chi connectivity index (χ3n) is 3.20. The predicted molar refractivity (Wildman–Crippen MR) is 75.4 cm³/mol. The first-order valence-electron chi connectivity index (χ1n) is 6.25. The highest BCUT2D eigenvalue weighted by Gasteiger charge is 2.28. The van der Waals surface area contributed by atoms with Gasteiger partial charge in [0, 0.05) is 18.9 Å². The third kappa shape index (κ3) is 2.50. The zero-order valence-electron chi connectivity index (χ0n) is 10.7. The quantitative estimate of drug-likeness (QED) is 0.902. The van der Waals surface area contributed by atoms with Crippen LogP contribution in [0.1, 0.15) is 22.2 Å². The monoisotopic (exact) mass is 290 g/mol. The van der Waals surface area contributed by atoms with Gasteiger partial charge >= 0.3 is 0 Å². The lowest BCUT2D eigenvalue weighted by molar-refractivity contribution is -0.0228. The van der Waals surface area contributed by atoms with E-state index in [9.17, 15) is 4.79 Å². The fraction of sp³-hybridized carbons (Fsp3) is 0.308. The smallest absolute Gasteiger partial charge is 0.276 e.